The average Bonchev–Trinajstić information content (AvgIpc) is 3.24. The molecule has 1 aromatic heterocycles. The number of hydrogen-bond donors (Lipinski definition) is 1. The Morgan fingerprint density at radius 2 is 2.17 bits per heavy atom. The Bertz CT molecular complexity index is 600. The Balaban J connectivity index is 1.65. The summed E-state index contributed by atoms with van der Waals surface area (Å²) in [6.45, 7) is 4.95. The predicted octanol–water partition coefficient (Wildman–Crippen LogP) is 2.40. The third-order valence-electron chi connectivity index (χ3n) is 4.70. The van der Waals surface area contributed by atoms with Gasteiger partial charge in [0.1, 0.15) is 0 Å². The number of nitrogens with one attached hydrogen (secondary N) is 1. The van der Waals surface area contributed by atoms with Crippen LogP contribution >= 0.6 is 0 Å². The van der Waals surface area contributed by atoms with Gasteiger partial charge in [-0.25, -0.2) is 4.79 Å². The van der Waals surface area contributed by atoms with Crippen LogP contribution in [0.1, 0.15) is 38.2 Å². The quantitative estimate of drug-likeness (QED) is 0.927. The minimum Gasteiger partial charge on any atom is -0.338 e. The molecule has 6 heteroatoms. The van der Waals surface area contributed by atoms with E-state index in [9.17, 15) is 9.59 Å². The summed E-state index contributed by atoms with van der Waals surface area (Å²) >= 11 is 0. The largest absolute Gasteiger partial charge is 0.338 e. The summed E-state index contributed by atoms with van der Waals surface area (Å²) in [6.07, 6.45) is 7.54. The Hall–Kier alpha value is -2.11. The van der Waals surface area contributed by atoms with Crippen LogP contribution in [0.5, 0.6) is 0 Å². The maximum absolute atomic E-state index is 12.6. The van der Waals surface area contributed by atoms with Crippen LogP contribution in [0.15, 0.2) is 18.5 Å². The molecular formula is C17H24N4O2. The van der Waals surface area contributed by atoms with E-state index in [1.165, 1.54) is 0 Å². The number of nitrogens with zero attached hydrogens (tertiary/aromatic N) is 3. The predicted molar refractivity (Wildman–Crippen MR) is 88.1 cm³/mol. The van der Waals surface area contributed by atoms with Gasteiger partial charge in [-0.05, 0) is 44.2 Å². The van der Waals surface area contributed by atoms with Crippen molar-refractivity contribution in [3.05, 3.63) is 24.0 Å². The first-order chi connectivity index (χ1) is 11.1. The van der Waals surface area contributed by atoms with Crippen LogP contribution < -0.4 is 5.32 Å². The maximum atomic E-state index is 12.6. The smallest absolute Gasteiger partial charge is 0.322 e. The van der Waals surface area contributed by atoms with E-state index in [-0.39, 0.29) is 18.0 Å². The summed E-state index contributed by atoms with van der Waals surface area (Å²) in [5.74, 6) is 0.115. The highest BCUT2D eigenvalue weighted by atomic mass is 16.2. The summed E-state index contributed by atoms with van der Waals surface area (Å²) in [5, 5.41) is 2.97. The first-order valence-electron chi connectivity index (χ1n) is 8.31. The second-order valence-electron chi connectivity index (χ2n) is 6.51. The molecule has 0 spiro atoms. The standard InChI is InChI=1S/C17H24N4O2/c1-12-10-18-8-7-16(12)19-17(23)20-9-3-4-15(20)11-21(13(2)22)14-5-6-14/h7-8,10,14-15H,3-6,9,11H2,1-2H3,(H,18,19,23)/t15-/m0/s1. The Morgan fingerprint density at radius 1 is 1.39 bits per heavy atom. The van der Waals surface area contributed by atoms with Gasteiger partial charge in [0.15, 0.2) is 0 Å². The lowest BCUT2D eigenvalue weighted by Gasteiger charge is -2.30. The summed E-state index contributed by atoms with van der Waals surface area (Å²) in [4.78, 5) is 32.3. The van der Waals surface area contributed by atoms with Crippen LogP contribution in [-0.2, 0) is 4.79 Å². The highest BCUT2D eigenvalue weighted by Crippen LogP contribution is 2.29. The molecule has 1 saturated heterocycles. The SMILES string of the molecule is CC(=O)N(C[C@@H]1CCCN1C(=O)Nc1ccncc1C)C1CC1. The van der Waals surface area contributed by atoms with Crippen LogP contribution in [0.3, 0.4) is 0 Å². The van der Waals surface area contributed by atoms with Crippen molar-refractivity contribution >= 4 is 17.6 Å². The normalized spacial score (nSPS) is 20.4. The lowest BCUT2D eigenvalue weighted by molar-refractivity contribution is -0.130. The van der Waals surface area contributed by atoms with Crippen LogP contribution in [0.4, 0.5) is 10.5 Å². The van der Waals surface area contributed by atoms with Crippen molar-refractivity contribution in [1.29, 1.82) is 0 Å². The maximum Gasteiger partial charge on any atom is 0.322 e. The molecule has 2 aliphatic rings. The topological polar surface area (TPSA) is 65.5 Å². The molecule has 1 saturated carbocycles. The van der Waals surface area contributed by atoms with Gasteiger partial charge in [0.25, 0.3) is 0 Å². The van der Waals surface area contributed by atoms with Gasteiger partial charge in [-0.2, -0.15) is 0 Å². The van der Waals surface area contributed by atoms with Gasteiger partial charge in [-0.15, -0.1) is 0 Å². The fraction of sp³-hybridized carbons (Fsp3) is 0.588. The van der Waals surface area contributed by atoms with E-state index in [2.05, 4.69) is 10.3 Å². The molecule has 0 unspecified atom stereocenters. The molecule has 0 bridgehead atoms. The number of likely N-dealkylation sites (tertiary alicyclic amines) is 1. The molecule has 0 aromatic carbocycles. The first-order valence-corrected chi connectivity index (χ1v) is 8.31. The lowest BCUT2D eigenvalue weighted by atomic mass is 10.2. The van der Waals surface area contributed by atoms with Gasteiger partial charge in [-0.3, -0.25) is 9.78 Å². The van der Waals surface area contributed by atoms with Crippen molar-refractivity contribution in [1.82, 2.24) is 14.8 Å². The number of aromatic nitrogens is 1. The van der Waals surface area contributed by atoms with E-state index in [0.29, 0.717) is 12.6 Å². The number of aryl methyl sites for hydroxylation is 1. The van der Waals surface area contributed by atoms with Gasteiger partial charge in [0.05, 0.1) is 6.04 Å². The van der Waals surface area contributed by atoms with Crippen molar-refractivity contribution in [3.8, 4) is 0 Å². The zero-order chi connectivity index (χ0) is 16.4. The third-order valence-corrected chi connectivity index (χ3v) is 4.70. The molecule has 1 N–H and O–H groups in total. The Morgan fingerprint density at radius 3 is 2.83 bits per heavy atom. The zero-order valence-corrected chi connectivity index (χ0v) is 13.8. The number of amides is 3. The van der Waals surface area contributed by atoms with Crippen LogP contribution in [-0.4, -0.2) is 51.9 Å². The van der Waals surface area contributed by atoms with E-state index in [1.807, 2.05) is 22.8 Å². The number of carbonyl (C=O) groups excluding carboxylic acids is 2. The molecule has 1 atom stereocenters. The van der Waals surface area contributed by atoms with Crippen molar-refractivity contribution in [2.45, 2.75) is 51.6 Å². The zero-order valence-electron chi connectivity index (χ0n) is 13.8. The van der Waals surface area contributed by atoms with Crippen molar-refractivity contribution in [3.63, 3.8) is 0 Å². The minimum atomic E-state index is -0.0823. The van der Waals surface area contributed by atoms with Gasteiger partial charge in [-0.1, -0.05) is 0 Å². The molecular weight excluding hydrogens is 292 g/mol. The molecule has 1 aliphatic carbocycles. The molecule has 124 valence electrons. The molecule has 2 heterocycles. The van der Waals surface area contributed by atoms with Gasteiger partial charge in [0.2, 0.25) is 5.91 Å². The van der Waals surface area contributed by atoms with Crippen LogP contribution in [0.2, 0.25) is 0 Å². The molecule has 3 rings (SSSR count). The molecule has 0 radical (unpaired) electrons. The van der Waals surface area contributed by atoms with E-state index in [4.69, 9.17) is 0 Å². The number of rotatable bonds is 4. The molecule has 23 heavy (non-hydrogen) atoms. The summed E-state index contributed by atoms with van der Waals surface area (Å²) in [5.41, 5.74) is 1.74. The lowest BCUT2D eigenvalue weighted by Crippen LogP contribution is -2.46. The van der Waals surface area contributed by atoms with Gasteiger partial charge >= 0.3 is 6.03 Å². The van der Waals surface area contributed by atoms with E-state index >= 15 is 0 Å². The van der Waals surface area contributed by atoms with Gasteiger partial charge < -0.3 is 15.1 Å². The molecule has 2 fully saturated rings. The fourth-order valence-electron chi connectivity index (χ4n) is 3.24. The molecule has 6 nitrogen and oxygen atoms in total. The molecule has 1 aromatic rings. The van der Waals surface area contributed by atoms with Crippen molar-refractivity contribution < 1.29 is 9.59 Å². The number of hydrogen-bond acceptors (Lipinski definition) is 3. The highest BCUT2D eigenvalue weighted by Gasteiger charge is 2.36. The van der Waals surface area contributed by atoms with Gasteiger partial charge in [0, 0.05) is 44.1 Å². The van der Waals surface area contributed by atoms with Crippen molar-refractivity contribution in [2.75, 3.05) is 18.4 Å². The molecule has 1 aliphatic heterocycles. The monoisotopic (exact) mass is 316 g/mol. The number of pyridine rings is 1. The minimum absolute atomic E-state index is 0.0823. The van der Waals surface area contributed by atoms with E-state index in [1.54, 1.807) is 19.3 Å². The number of urea groups is 1. The Kier molecular flexibility index (Phi) is 4.50. The van der Waals surface area contributed by atoms with E-state index in [0.717, 1.165) is 43.5 Å². The highest BCUT2D eigenvalue weighted by molar-refractivity contribution is 5.90. The van der Waals surface area contributed by atoms with Crippen LogP contribution in [0.25, 0.3) is 0 Å². The second kappa shape index (κ2) is 6.56. The fourth-order valence-corrected chi connectivity index (χ4v) is 3.24. The average molecular weight is 316 g/mol. The molecule has 3 amide bonds. The summed E-state index contributed by atoms with van der Waals surface area (Å²) in [7, 11) is 0. The number of anilines is 1. The third kappa shape index (κ3) is 3.63. The van der Waals surface area contributed by atoms with E-state index < -0.39 is 0 Å². The summed E-state index contributed by atoms with van der Waals surface area (Å²) in [6, 6.07) is 2.23. The number of carbonyl (C=O) groups is 2. The second-order valence-corrected chi connectivity index (χ2v) is 6.51. The van der Waals surface area contributed by atoms with Crippen molar-refractivity contribution in [2.24, 2.45) is 0 Å². The Labute approximate surface area is 136 Å². The first kappa shape index (κ1) is 15.8. The van der Waals surface area contributed by atoms with Crippen LogP contribution in [0, 0.1) is 6.92 Å². The summed E-state index contributed by atoms with van der Waals surface area (Å²) < 4.78 is 0.